The summed E-state index contributed by atoms with van der Waals surface area (Å²) < 4.78 is 5.34. The molecule has 0 bridgehead atoms. The maximum Gasteiger partial charge on any atom is 0.260 e. The molecule has 0 saturated carbocycles. The van der Waals surface area contributed by atoms with Gasteiger partial charge in [0.2, 0.25) is 0 Å². The third-order valence-corrected chi connectivity index (χ3v) is 1.63. The van der Waals surface area contributed by atoms with Gasteiger partial charge in [0.1, 0.15) is 0 Å². The molecule has 2 radical (unpaired) electrons. The average Bonchev–Trinajstić information content (AvgIpc) is 1.87. The zero-order chi connectivity index (χ0) is 7.82. The highest BCUT2D eigenvalue weighted by Crippen LogP contribution is 1.90. The van der Waals surface area contributed by atoms with Gasteiger partial charge in [-0.3, -0.25) is 0 Å². The van der Waals surface area contributed by atoms with Crippen LogP contribution in [0.2, 0.25) is 0 Å². The van der Waals surface area contributed by atoms with E-state index in [2.05, 4.69) is 32.5 Å². The van der Waals surface area contributed by atoms with Crippen molar-refractivity contribution in [1.82, 2.24) is 0 Å². The third kappa shape index (κ3) is 7.92. The van der Waals surface area contributed by atoms with Crippen molar-refractivity contribution in [1.29, 1.82) is 0 Å². The van der Waals surface area contributed by atoms with Crippen LogP contribution in [0.15, 0.2) is 11.8 Å². The molecule has 0 unspecified atom stereocenters. The van der Waals surface area contributed by atoms with Gasteiger partial charge in [-0.2, -0.15) is 0 Å². The van der Waals surface area contributed by atoms with Gasteiger partial charge in [0, 0.05) is 6.61 Å². The summed E-state index contributed by atoms with van der Waals surface area (Å²) in [6.45, 7) is 7.33. The van der Waals surface area contributed by atoms with Crippen molar-refractivity contribution in [2.45, 2.75) is 27.2 Å². The van der Waals surface area contributed by atoms with Crippen molar-refractivity contribution in [2.24, 2.45) is 5.92 Å². The number of rotatable bonds is 5. The highest BCUT2D eigenvalue weighted by molar-refractivity contribution is 6.34. The van der Waals surface area contributed by atoms with E-state index >= 15 is 0 Å². The van der Waals surface area contributed by atoms with Gasteiger partial charge in [0.25, 0.3) is 9.76 Å². The zero-order valence-electron chi connectivity index (χ0n) is 7.05. The molecule has 0 rings (SSSR count). The summed E-state index contributed by atoms with van der Waals surface area (Å²) in [7, 11) is 0.551. The topological polar surface area (TPSA) is 9.23 Å². The molecular formula is C8H16OSi. The molecule has 0 N–H and O–H groups in total. The molecule has 58 valence electrons. The molecule has 1 nitrogen and oxygen atoms in total. The van der Waals surface area contributed by atoms with Crippen LogP contribution in [0.3, 0.4) is 0 Å². The molecule has 0 aliphatic carbocycles. The maximum absolute atomic E-state index is 5.34. The lowest BCUT2D eigenvalue weighted by molar-refractivity contribution is 0.288. The quantitative estimate of drug-likeness (QED) is 0.438. The maximum atomic E-state index is 5.34. The Hall–Kier alpha value is -0.0831. The minimum atomic E-state index is 0.551. The van der Waals surface area contributed by atoms with Crippen LogP contribution in [0.25, 0.3) is 0 Å². The van der Waals surface area contributed by atoms with Crippen LogP contribution in [0.4, 0.5) is 0 Å². The van der Waals surface area contributed by atoms with Gasteiger partial charge < -0.3 is 4.43 Å². The number of hydrogen-bond acceptors (Lipinski definition) is 1. The van der Waals surface area contributed by atoms with Crippen molar-refractivity contribution < 1.29 is 4.43 Å². The van der Waals surface area contributed by atoms with Gasteiger partial charge in [0.05, 0.1) is 0 Å². The Balaban J connectivity index is 2.97. The lowest BCUT2D eigenvalue weighted by Gasteiger charge is -2.01. The Bertz CT molecular complexity index is 89.3. The van der Waals surface area contributed by atoms with Crippen molar-refractivity contribution >= 4 is 9.76 Å². The van der Waals surface area contributed by atoms with Gasteiger partial charge in [-0.25, -0.2) is 0 Å². The van der Waals surface area contributed by atoms with E-state index in [4.69, 9.17) is 4.43 Å². The fourth-order valence-corrected chi connectivity index (χ4v) is 1.29. The number of allylic oxidation sites excluding steroid dienone is 1. The Morgan fingerprint density at radius 2 is 2.20 bits per heavy atom. The van der Waals surface area contributed by atoms with Crippen LogP contribution in [-0.2, 0) is 4.43 Å². The summed E-state index contributed by atoms with van der Waals surface area (Å²) in [4.78, 5) is 0. The first-order chi connectivity index (χ1) is 4.77. The monoisotopic (exact) mass is 156 g/mol. The summed E-state index contributed by atoms with van der Waals surface area (Å²) in [6, 6.07) is 0. The molecule has 0 amide bonds. The summed E-state index contributed by atoms with van der Waals surface area (Å²) in [5, 5.41) is 0. The molecule has 0 spiro atoms. The summed E-state index contributed by atoms with van der Waals surface area (Å²) in [6.07, 6.45) is 3.25. The molecule has 0 aromatic carbocycles. The summed E-state index contributed by atoms with van der Waals surface area (Å²) in [5.74, 6) is 0.655. The summed E-state index contributed by atoms with van der Waals surface area (Å²) >= 11 is 0. The van der Waals surface area contributed by atoms with Crippen molar-refractivity contribution in [2.75, 3.05) is 6.61 Å². The highest BCUT2D eigenvalue weighted by atomic mass is 28.2. The molecule has 10 heavy (non-hydrogen) atoms. The minimum Gasteiger partial charge on any atom is -0.412 e. The lowest BCUT2D eigenvalue weighted by Crippen LogP contribution is -2.03. The largest absolute Gasteiger partial charge is 0.412 e. The van der Waals surface area contributed by atoms with Crippen LogP contribution in [0.5, 0.6) is 0 Å². The van der Waals surface area contributed by atoms with E-state index in [0.717, 1.165) is 13.0 Å². The van der Waals surface area contributed by atoms with Crippen LogP contribution in [0.1, 0.15) is 27.2 Å². The first-order valence-electron chi connectivity index (χ1n) is 3.79. The Kier molecular flexibility index (Phi) is 6.97. The van der Waals surface area contributed by atoms with Gasteiger partial charge in [-0.05, 0) is 12.3 Å². The molecule has 0 aliphatic rings. The van der Waals surface area contributed by atoms with E-state index < -0.39 is 0 Å². The first kappa shape index (κ1) is 9.92. The van der Waals surface area contributed by atoms with Crippen LogP contribution < -0.4 is 0 Å². The van der Waals surface area contributed by atoms with Gasteiger partial charge >= 0.3 is 0 Å². The van der Waals surface area contributed by atoms with E-state index in [1.807, 2.05) is 0 Å². The Labute approximate surface area is 66.4 Å². The third-order valence-electron chi connectivity index (χ3n) is 0.922. The van der Waals surface area contributed by atoms with E-state index in [1.165, 1.54) is 0 Å². The molecular weight excluding hydrogens is 140 g/mol. The second-order valence-electron chi connectivity index (χ2n) is 2.63. The fraction of sp³-hybridized carbons (Fsp3) is 0.750. The van der Waals surface area contributed by atoms with Crippen molar-refractivity contribution in [3.8, 4) is 0 Å². The van der Waals surface area contributed by atoms with E-state index in [-0.39, 0.29) is 0 Å². The molecule has 2 heteroatoms. The van der Waals surface area contributed by atoms with Gasteiger partial charge in [0.15, 0.2) is 0 Å². The van der Waals surface area contributed by atoms with Crippen LogP contribution in [-0.4, -0.2) is 16.4 Å². The second kappa shape index (κ2) is 7.03. The predicted octanol–water partition coefficient (Wildman–Crippen LogP) is 2.20. The second-order valence-corrected chi connectivity index (χ2v) is 3.49. The number of hydrogen-bond donors (Lipinski definition) is 0. The molecule has 0 atom stereocenters. The smallest absolute Gasteiger partial charge is 0.260 e. The minimum absolute atomic E-state index is 0.551. The molecule has 0 saturated heterocycles. The van der Waals surface area contributed by atoms with Gasteiger partial charge in [-0.15, -0.1) is 0 Å². The van der Waals surface area contributed by atoms with Crippen molar-refractivity contribution in [3.63, 3.8) is 0 Å². The standard InChI is InChI=1S/C8H16OSi/c1-4-5-6-10-9-7-8(2)3/h5-6,8H,4,7H2,1-3H3/b6-5+. The zero-order valence-corrected chi connectivity index (χ0v) is 8.05. The highest BCUT2D eigenvalue weighted by Gasteiger charge is 1.90. The molecule has 0 aromatic heterocycles. The van der Waals surface area contributed by atoms with Gasteiger partial charge in [-0.1, -0.05) is 32.5 Å². The summed E-state index contributed by atoms with van der Waals surface area (Å²) in [5.41, 5.74) is 2.10. The van der Waals surface area contributed by atoms with Crippen LogP contribution >= 0.6 is 0 Å². The van der Waals surface area contributed by atoms with E-state index in [9.17, 15) is 0 Å². The van der Waals surface area contributed by atoms with E-state index in [0.29, 0.717) is 15.7 Å². The van der Waals surface area contributed by atoms with E-state index in [1.54, 1.807) is 0 Å². The van der Waals surface area contributed by atoms with Crippen molar-refractivity contribution in [3.05, 3.63) is 11.8 Å². The normalized spacial score (nSPS) is 11.6. The SMILES string of the molecule is CC/C=C/[Si]OCC(C)C. The first-order valence-corrected chi connectivity index (χ1v) is 4.78. The lowest BCUT2D eigenvalue weighted by atomic mass is 10.2. The fourth-order valence-electron chi connectivity index (χ4n) is 0.429. The molecule has 0 fully saturated rings. The molecule has 0 aliphatic heterocycles. The predicted molar refractivity (Wildman–Crippen MR) is 46.0 cm³/mol. The van der Waals surface area contributed by atoms with Crippen LogP contribution in [0, 0.1) is 5.92 Å². The average molecular weight is 156 g/mol. The Morgan fingerprint density at radius 1 is 1.50 bits per heavy atom. The molecule has 0 heterocycles. The molecule has 0 aromatic rings. The Morgan fingerprint density at radius 3 is 2.70 bits per heavy atom.